The van der Waals surface area contributed by atoms with Crippen molar-refractivity contribution in [3.05, 3.63) is 75.0 Å². The van der Waals surface area contributed by atoms with Crippen LogP contribution in [-0.2, 0) is 6.54 Å². The number of hydrogen-bond acceptors (Lipinski definition) is 4. The van der Waals surface area contributed by atoms with Crippen molar-refractivity contribution in [3.8, 4) is 5.75 Å². The Balaban J connectivity index is 1.67. The summed E-state index contributed by atoms with van der Waals surface area (Å²) in [6.45, 7) is 2.60. The van der Waals surface area contributed by atoms with Crippen LogP contribution in [0.3, 0.4) is 0 Å². The average molecular weight is 411 g/mol. The van der Waals surface area contributed by atoms with Crippen molar-refractivity contribution in [2.75, 3.05) is 13.1 Å². The average Bonchev–Trinajstić information content (AvgIpc) is 2.68. The lowest BCUT2D eigenvalue weighted by Gasteiger charge is -2.37. The van der Waals surface area contributed by atoms with Gasteiger partial charge in [-0.3, -0.25) is 14.4 Å². The number of aromatic hydroxyl groups is 1. The molecular formula is C22H22FN3O4. The zero-order chi connectivity index (χ0) is 21.4. The highest BCUT2D eigenvalue weighted by Gasteiger charge is 2.35. The molecule has 0 saturated carbocycles. The van der Waals surface area contributed by atoms with Gasteiger partial charge in [-0.2, -0.15) is 0 Å². The zero-order valence-corrected chi connectivity index (χ0v) is 16.5. The number of carbonyl (C=O) groups excluding carboxylic acids is 2. The van der Waals surface area contributed by atoms with Crippen molar-refractivity contribution in [2.45, 2.75) is 32.4 Å². The van der Waals surface area contributed by atoms with Gasteiger partial charge in [0.15, 0.2) is 11.4 Å². The van der Waals surface area contributed by atoms with Gasteiger partial charge in [0, 0.05) is 31.4 Å². The summed E-state index contributed by atoms with van der Waals surface area (Å²) in [6.07, 6.45) is 6.63. The lowest BCUT2D eigenvalue weighted by molar-refractivity contribution is 0.0659. The summed E-state index contributed by atoms with van der Waals surface area (Å²) in [5.74, 6) is -2.34. The second-order valence-corrected chi connectivity index (χ2v) is 7.65. The van der Waals surface area contributed by atoms with E-state index < -0.39 is 28.8 Å². The Bertz CT molecular complexity index is 1120. The van der Waals surface area contributed by atoms with Gasteiger partial charge in [0.05, 0.1) is 6.04 Å². The van der Waals surface area contributed by atoms with Crippen LogP contribution in [0.4, 0.5) is 4.39 Å². The molecule has 156 valence electrons. The summed E-state index contributed by atoms with van der Waals surface area (Å²) >= 11 is 0. The van der Waals surface area contributed by atoms with E-state index >= 15 is 0 Å². The van der Waals surface area contributed by atoms with E-state index in [-0.39, 0.29) is 29.4 Å². The normalized spacial score (nSPS) is 18.9. The van der Waals surface area contributed by atoms with E-state index in [2.05, 4.69) is 5.32 Å². The minimum atomic E-state index is -0.912. The van der Waals surface area contributed by atoms with Gasteiger partial charge in [0.1, 0.15) is 11.4 Å². The molecule has 8 heteroatoms. The van der Waals surface area contributed by atoms with Crippen molar-refractivity contribution in [3.63, 3.8) is 0 Å². The summed E-state index contributed by atoms with van der Waals surface area (Å²) in [4.78, 5) is 39.7. The van der Waals surface area contributed by atoms with E-state index in [1.807, 2.05) is 12.2 Å². The van der Waals surface area contributed by atoms with Gasteiger partial charge in [-0.1, -0.05) is 24.3 Å². The Morgan fingerprint density at radius 1 is 1.30 bits per heavy atom. The van der Waals surface area contributed by atoms with Crippen LogP contribution in [-0.4, -0.2) is 39.5 Å². The van der Waals surface area contributed by atoms with Crippen LogP contribution in [0.25, 0.3) is 0 Å². The monoisotopic (exact) mass is 411 g/mol. The molecule has 2 aliphatic heterocycles. The number of hydrogen-bond donors (Lipinski definition) is 2. The smallest absolute Gasteiger partial charge is 0.274 e. The Morgan fingerprint density at radius 3 is 2.87 bits per heavy atom. The molecule has 0 aliphatic carbocycles. The highest BCUT2D eigenvalue weighted by atomic mass is 19.1. The second-order valence-electron chi connectivity index (χ2n) is 7.65. The summed E-state index contributed by atoms with van der Waals surface area (Å²) in [7, 11) is 0. The molecule has 30 heavy (non-hydrogen) atoms. The third-order valence-electron chi connectivity index (χ3n) is 5.56. The molecule has 0 spiro atoms. The Labute approximate surface area is 172 Å². The van der Waals surface area contributed by atoms with Gasteiger partial charge in [-0.05, 0) is 31.4 Å². The number of aryl methyl sites for hydroxylation is 1. The molecule has 4 rings (SSSR count). The predicted octanol–water partition coefficient (Wildman–Crippen LogP) is 2.28. The maximum atomic E-state index is 14.0. The van der Waals surface area contributed by atoms with Crippen molar-refractivity contribution in [1.29, 1.82) is 0 Å². The molecule has 1 aromatic heterocycles. The van der Waals surface area contributed by atoms with Crippen molar-refractivity contribution in [1.82, 2.24) is 14.8 Å². The van der Waals surface area contributed by atoms with Crippen LogP contribution in [0, 0.1) is 12.7 Å². The minimum Gasteiger partial charge on any atom is -0.503 e. The van der Waals surface area contributed by atoms with Crippen molar-refractivity contribution in [2.24, 2.45) is 0 Å². The molecule has 3 heterocycles. The number of carbonyl (C=O) groups is 2. The molecule has 0 radical (unpaired) electrons. The Kier molecular flexibility index (Phi) is 5.15. The highest BCUT2D eigenvalue weighted by Crippen LogP contribution is 2.29. The number of fused-ring (bicyclic) bond motifs is 4. The summed E-state index contributed by atoms with van der Waals surface area (Å²) in [5.41, 5.74) is -0.243. The maximum absolute atomic E-state index is 14.0. The van der Waals surface area contributed by atoms with Crippen LogP contribution in [0.2, 0.25) is 0 Å². The summed E-state index contributed by atoms with van der Waals surface area (Å²) in [5, 5.41) is 13.0. The molecule has 1 atom stereocenters. The molecule has 0 unspecified atom stereocenters. The number of aromatic nitrogens is 1. The van der Waals surface area contributed by atoms with Crippen molar-refractivity contribution < 1.29 is 19.1 Å². The standard InChI is InChI=1S/C22H22FN3O4/c1-13-6-7-14(17(23)9-13)10-24-21(29)16-12-26-15-5-3-2-4-8-25(11-15)22(30)18(26)20(28)19(16)27/h2-3,6-7,9,12,15,28H,4-5,8,10-11H2,1H3,(H,24,29)/b3-2-/t15-/m1/s1. The van der Waals surface area contributed by atoms with E-state index in [1.54, 1.807) is 24.0 Å². The van der Waals surface area contributed by atoms with E-state index in [0.29, 0.717) is 25.9 Å². The van der Waals surface area contributed by atoms with Gasteiger partial charge < -0.3 is 19.9 Å². The van der Waals surface area contributed by atoms with Gasteiger partial charge in [0.2, 0.25) is 5.43 Å². The molecule has 2 N–H and O–H groups in total. The zero-order valence-electron chi connectivity index (χ0n) is 16.5. The summed E-state index contributed by atoms with van der Waals surface area (Å²) in [6, 6.07) is 4.46. The molecule has 2 bridgehead atoms. The van der Waals surface area contributed by atoms with Gasteiger partial charge >= 0.3 is 0 Å². The van der Waals surface area contributed by atoms with E-state index in [1.165, 1.54) is 16.8 Å². The number of pyridine rings is 1. The first-order chi connectivity index (χ1) is 14.4. The molecule has 1 aromatic carbocycles. The van der Waals surface area contributed by atoms with Gasteiger partial charge in [-0.15, -0.1) is 0 Å². The van der Waals surface area contributed by atoms with Gasteiger partial charge in [0.25, 0.3) is 11.8 Å². The number of amides is 2. The number of allylic oxidation sites excluding steroid dienone is 1. The molecule has 0 saturated heterocycles. The Morgan fingerprint density at radius 2 is 2.10 bits per heavy atom. The van der Waals surface area contributed by atoms with Crippen molar-refractivity contribution >= 4 is 11.8 Å². The largest absolute Gasteiger partial charge is 0.503 e. The maximum Gasteiger partial charge on any atom is 0.274 e. The number of rotatable bonds is 3. The first-order valence-corrected chi connectivity index (χ1v) is 9.82. The fourth-order valence-corrected chi connectivity index (χ4v) is 3.91. The first kappa shape index (κ1) is 19.9. The van der Waals surface area contributed by atoms with Crippen LogP contribution < -0.4 is 10.7 Å². The predicted molar refractivity (Wildman–Crippen MR) is 108 cm³/mol. The topological polar surface area (TPSA) is 91.6 Å². The van der Waals surface area contributed by atoms with Crippen LogP contribution in [0.5, 0.6) is 5.75 Å². The fourth-order valence-electron chi connectivity index (χ4n) is 3.91. The Hall–Kier alpha value is -3.42. The molecule has 2 aromatic rings. The molecule has 0 fully saturated rings. The lowest BCUT2D eigenvalue weighted by Crippen LogP contribution is -2.45. The third kappa shape index (κ3) is 3.49. The quantitative estimate of drug-likeness (QED) is 0.758. The molecule has 2 aliphatic rings. The van der Waals surface area contributed by atoms with Crippen LogP contribution in [0.15, 0.2) is 41.3 Å². The SMILES string of the molecule is Cc1ccc(CNC(=O)c2cn3c(c(O)c2=O)C(=O)N2CC/C=C\C[C@@H]3C2)c(F)c1. The molecule has 7 nitrogen and oxygen atoms in total. The molecule has 2 amide bonds. The first-order valence-electron chi connectivity index (χ1n) is 9.82. The number of nitrogens with zero attached hydrogens (tertiary/aromatic N) is 2. The second kappa shape index (κ2) is 7.78. The number of halogens is 1. The molecular weight excluding hydrogens is 389 g/mol. The third-order valence-corrected chi connectivity index (χ3v) is 5.56. The van der Waals surface area contributed by atoms with Crippen LogP contribution >= 0.6 is 0 Å². The lowest BCUT2D eigenvalue weighted by atomic mass is 10.0. The van der Waals surface area contributed by atoms with E-state index in [9.17, 15) is 23.9 Å². The van der Waals surface area contributed by atoms with E-state index in [0.717, 1.165) is 5.56 Å². The number of nitrogens with one attached hydrogen (secondary N) is 1. The highest BCUT2D eigenvalue weighted by molar-refractivity contribution is 5.99. The minimum absolute atomic E-state index is 0.0901. The van der Waals surface area contributed by atoms with E-state index in [4.69, 9.17) is 0 Å². The van der Waals surface area contributed by atoms with Crippen LogP contribution in [0.1, 0.15) is 50.9 Å². The number of benzene rings is 1. The fraction of sp³-hybridized carbons (Fsp3) is 0.318. The summed E-state index contributed by atoms with van der Waals surface area (Å²) < 4.78 is 15.5. The van der Waals surface area contributed by atoms with Gasteiger partial charge in [-0.25, -0.2) is 4.39 Å².